The highest BCUT2D eigenvalue weighted by Gasteiger charge is 2.19. The van der Waals surface area contributed by atoms with E-state index in [9.17, 15) is 19.8 Å². The third-order valence-corrected chi connectivity index (χ3v) is 2.62. The fourth-order valence-corrected chi connectivity index (χ4v) is 1.46. The van der Waals surface area contributed by atoms with Gasteiger partial charge in [0, 0.05) is 25.1 Å². The van der Waals surface area contributed by atoms with Crippen LogP contribution in [0.25, 0.3) is 0 Å². The number of rotatable bonds is 4. The first-order chi connectivity index (χ1) is 8.40. The van der Waals surface area contributed by atoms with Crippen molar-refractivity contribution in [2.75, 3.05) is 26.3 Å². The van der Waals surface area contributed by atoms with E-state index in [4.69, 9.17) is 4.74 Å². The molecule has 6 heteroatoms. The molecule has 1 saturated heterocycles. The van der Waals surface area contributed by atoms with Crippen molar-refractivity contribution in [2.45, 2.75) is 33.2 Å². The minimum absolute atomic E-state index is 0.343. The van der Waals surface area contributed by atoms with Crippen molar-refractivity contribution in [3.05, 3.63) is 0 Å². The Morgan fingerprint density at radius 1 is 1.17 bits per heavy atom. The normalized spacial score (nSPS) is 17.8. The van der Waals surface area contributed by atoms with Gasteiger partial charge >= 0.3 is 0 Å². The molecule has 0 radical (unpaired) electrons. The van der Waals surface area contributed by atoms with Gasteiger partial charge in [-0.25, -0.2) is 0 Å². The van der Waals surface area contributed by atoms with Crippen LogP contribution < -0.4 is 10.2 Å². The summed E-state index contributed by atoms with van der Waals surface area (Å²) in [5.74, 6) is -2.31. The molecule has 1 atom stereocenters. The summed E-state index contributed by atoms with van der Waals surface area (Å²) < 4.78 is 5.12. The number of ether oxygens (including phenoxy) is 1. The van der Waals surface area contributed by atoms with E-state index >= 15 is 0 Å². The van der Waals surface area contributed by atoms with Gasteiger partial charge in [0.05, 0.1) is 19.2 Å². The number of hydrogen-bond donors (Lipinski definition) is 0. The van der Waals surface area contributed by atoms with E-state index in [1.54, 1.807) is 13.8 Å². The third kappa shape index (κ3) is 6.56. The van der Waals surface area contributed by atoms with Gasteiger partial charge in [-0.15, -0.1) is 0 Å². The molecule has 6 nitrogen and oxygen atoms in total. The predicted molar refractivity (Wildman–Crippen MR) is 61.3 cm³/mol. The average Bonchev–Trinajstić information content (AvgIpc) is 2.31. The molecular weight excluding hydrogens is 238 g/mol. The lowest BCUT2D eigenvalue weighted by Gasteiger charge is -2.34. The Labute approximate surface area is 108 Å². The molecule has 0 aromatic carbocycles. The van der Waals surface area contributed by atoms with Crippen molar-refractivity contribution >= 4 is 11.9 Å². The van der Waals surface area contributed by atoms with Crippen LogP contribution >= 0.6 is 0 Å². The summed E-state index contributed by atoms with van der Waals surface area (Å²) >= 11 is 0. The first kappa shape index (κ1) is 16.9. The fourth-order valence-electron chi connectivity index (χ4n) is 1.46. The van der Waals surface area contributed by atoms with Crippen LogP contribution in [0, 0.1) is 5.92 Å². The molecule has 1 rings (SSSR count). The van der Waals surface area contributed by atoms with Gasteiger partial charge in [-0.1, -0.05) is 20.8 Å². The fraction of sp³-hybridized carbons (Fsp3) is 0.833. The van der Waals surface area contributed by atoms with E-state index in [1.165, 1.54) is 0 Å². The van der Waals surface area contributed by atoms with Gasteiger partial charge in [0.25, 0.3) is 0 Å². The highest BCUT2D eigenvalue weighted by Crippen LogP contribution is 2.06. The van der Waals surface area contributed by atoms with Gasteiger partial charge in [0.1, 0.15) is 0 Å². The van der Waals surface area contributed by atoms with E-state index in [2.05, 4.69) is 0 Å². The standard InChI is InChI=1S/C8H15NO3.C4H8O2/c1-2-7(8(10)11)9-3-5-12-6-4-9;1-3(2)4(5)6/h7H,2-6H2,1H3,(H,10,11);3H,1-2H3,(H,5,6)/p-2. The molecule has 1 unspecified atom stereocenters. The summed E-state index contributed by atoms with van der Waals surface area (Å²) in [6, 6.07) is -0.436. The van der Waals surface area contributed by atoms with Crippen LogP contribution in [0.15, 0.2) is 0 Å². The lowest BCUT2D eigenvalue weighted by molar-refractivity contribution is -0.313. The Bertz CT molecular complexity index is 261. The quantitative estimate of drug-likeness (QED) is 0.594. The van der Waals surface area contributed by atoms with Gasteiger partial charge in [0.15, 0.2) is 0 Å². The maximum atomic E-state index is 10.6. The first-order valence-electron chi connectivity index (χ1n) is 6.13. The second-order valence-electron chi connectivity index (χ2n) is 4.37. The Morgan fingerprint density at radius 3 is 1.89 bits per heavy atom. The lowest BCUT2D eigenvalue weighted by Crippen LogP contribution is -2.51. The van der Waals surface area contributed by atoms with Crippen molar-refractivity contribution in [2.24, 2.45) is 5.92 Å². The first-order valence-corrected chi connectivity index (χ1v) is 6.13. The monoisotopic (exact) mass is 259 g/mol. The SMILES string of the molecule is CC(C)C(=O)[O-].CCC(C(=O)[O-])N1CCOCC1. The molecule has 106 valence electrons. The minimum Gasteiger partial charge on any atom is -0.550 e. The number of carbonyl (C=O) groups excluding carboxylic acids is 2. The van der Waals surface area contributed by atoms with E-state index in [0.717, 1.165) is 0 Å². The molecule has 0 spiro atoms. The van der Waals surface area contributed by atoms with Gasteiger partial charge in [-0.05, 0) is 12.3 Å². The molecule has 1 fully saturated rings. The molecule has 18 heavy (non-hydrogen) atoms. The van der Waals surface area contributed by atoms with Crippen LogP contribution in [0.2, 0.25) is 0 Å². The largest absolute Gasteiger partial charge is 0.550 e. The molecule has 0 bridgehead atoms. The van der Waals surface area contributed by atoms with E-state index in [0.29, 0.717) is 32.7 Å². The topological polar surface area (TPSA) is 92.7 Å². The maximum absolute atomic E-state index is 10.6. The van der Waals surface area contributed by atoms with Crippen LogP contribution in [-0.4, -0.2) is 49.2 Å². The summed E-state index contributed by atoms with van der Waals surface area (Å²) in [5, 5.41) is 20.2. The van der Waals surface area contributed by atoms with Gasteiger partial charge in [-0.3, -0.25) is 4.90 Å². The van der Waals surface area contributed by atoms with Gasteiger partial charge < -0.3 is 24.5 Å². The molecule has 0 saturated carbocycles. The highest BCUT2D eigenvalue weighted by atomic mass is 16.5. The number of carboxylic acids is 2. The Hall–Kier alpha value is -1.14. The van der Waals surface area contributed by atoms with Crippen LogP contribution in [0.3, 0.4) is 0 Å². The summed E-state index contributed by atoms with van der Waals surface area (Å²) in [7, 11) is 0. The Kier molecular flexibility index (Phi) is 8.32. The minimum atomic E-state index is -0.991. The number of hydrogen-bond acceptors (Lipinski definition) is 6. The van der Waals surface area contributed by atoms with E-state index in [1.807, 2.05) is 11.8 Å². The van der Waals surface area contributed by atoms with E-state index < -0.39 is 18.0 Å². The van der Waals surface area contributed by atoms with Crippen molar-refractivity contribution in [1.29, 1.82) is 0 Å². The second-order valence-corrected chi connectivity index (χ2v) is 4.37. The molecule has 0 amide bonds. The molecular formula is C12H21NO5-2. The second kappa shape index (κ2) is 8.88. The van der Waals surface area contributed by atoms with Crippen LogP contribution in [0.4, 0.5) is 0 Å². The highest BCUT2D eigenvalue weighted by molar-refractivity contribution is 5.71. The van der Waals surface area contributed by atoms with Crippen molar-refractivity contribution < 1.29 is 24.5 Å². The van der Waals surface area contributed by atoms with Crippen molar-refractivity contribution in [3.8, 4) is 0 Å². The van der Waals surface area contributed by atoms with Crippen molar-refractivity contribution in [3.63, 3.8) is 0 Å². The van der Waals surface area contributed by atoms with Crippen LogP contribution in [-0.2, 0) is 14.3 Å². The zero-order valence-corrected chi connectivity index (χ0v) is 11.2. The van der Waals surface area contributed by atoms with Crippen molar-refractivity contribution in [1.82, 2.24) is 4.90 Å². The zero-order chi connectivity index (χ0) is 14.1. The number of carboxylic acid groups (broad SMARTS) is 2. The molecule has 0 aliphatic carbocycles. The Balaban J connectivity index is 0.000000411. The average molecular weight is 259 g/mol. The van der Waals surface area contributed by atoms with Gasteiger partial charge in [-0.2, -0.15) is 0 Å². The molecule has 0 aromatic rings. The summed E-state index contributed by atoms with van der Waals surface area (Å²) in [6.07, 6.45) is 0.600. The number of aliphatic carboxylic acids is 2. The van der Waals surface area contributed by atoms with Crippen LogP contribution in [0.5, 0.6) is 0 Å². The molecule has 0 N–H and O–H groups in total. The lowest BCUT2D eigenvalue weighted by atomic mass is 10.2. The number of morpholine rings is 1. The number of carbonyl (C=O) groups is 2. The molecule has 0 aromatic heterocycles. The molecule has 1 aliphatic heterocycles. The van der Waals surface area contributed by atoms with E-state index in [-0.39, 0.29) is 5.92 Å². The molecule has 1 heterocycles. The third-order valence-electron chi connectivity index (χ3n) is 2.62. The number of nitrogens with zero attached hydrogens (tertiary/aromatic N) is 1. The summed E-state index contributed by atoms with van der Waals surface area (Å²) in [5.41, 5.74) is 0. The summed E-state index contributed by atoms with van der Waals surface area (Å²) in [4.78, 5) is 22.1. The molecule has 1 aliphatic rings. The van der Waals surface area contributed by atoms with Crippen LogP contribution in [0.1, 0.15) is 27.2 Å². The smallest absolute Gasteiger partial charge is 0.0594 e. The maximum Gasteiger partial charge on any atom is 0.0594 e. The van der Waals surface area contributed by atoms with Gasteiger partial charge in [0.2, 0.25) is 0 Å². The Morgan fingerprint density at radius 2 is 1.61 bits per heavy atom. The zero-order valence-electron chi connectivity index (χ0n) is 11.2. The predicted octanol–water partition coefficient (Wildman–Crippen LogP) is -1.76. The summed E-state index contributed by atoms with van der Waals surface area (Å²) in [6.45, 7) is 7.67.